The van der Waals surface area contributed by atoms with Gasteiger partial charge in [-0.15, -0.1) is 0 Å². The predicted molar refractivity (Wildman–Crippen MR) is 73.5 cm³/mol. The highest BCUT2D eigenvalue weighted by molar-refractivity contribution is 5.96. The van der Waals surface area contributed by atoms with Crippen LogP contribution in [0.4, 0.5) is 0 Å². The van der Waals surface area contributed by atoms with E-state index < -0.39 is 0 Å². The number of hydrogen-bond acceptors (Lipinski definition) is 2. The molecular weight excluding hydrogens is 222 g/mol. The Morgan fingerprint density at radius 3 is 2.72 bits per heavy atom. The fourth-order valence-corrected chi connectivity index (χ4v) is 2.30. The molecular formula is C15H15N3. The molecule has 3 nitrogen and oxygen atoms in total. The van der Waals surface area contributed by atoms with Crippen molar-refractivity contribution in [3.05, 3.63) is 47.5 Å². The van der Waals surface area contributed by atoms with Crippen LogP contribution in [0.25, 0.3) is 22.2 Å². The van der Waals surface area contributed by atoms with Crippen molar-refractivity contribution in [1.29, 1.82) is 0 Å². The van der Waals surface area contributed by atoms with E-state index in [9.17, 15) is 0 Å². The van der Waals surface area contributed by atoms with E-state index in [0.29, 0.717) is 0 Å². The average molecular weight is 237 g/mol. The van der Waals surface area contributed by atoms with Crippen molar-refractivity contribution in [2.75, 3.05) is 0 Å². The Balaban J connectivity index is 2.32. The third-order valence-corrected chi connectivity index (χ3v) is 3.27. The van der Waals surface area contributed by atoms with Gasteiger partial charge < -0.3 is 4.98 Å². The van der Waals surface area contributed by atoms with Crippen molar-refractivity contribution in [2.24, 2.45) is 0 Å². The smallest absolute Gasteiger partial charge is 0.125 e. The van der Waals surface area contributed by atoms with E-state index in [-0.39, 0.29) is 0 Å². The van der Waals surface area contributed by atoms with E-state index in [1.54, 1.807) is 0 Å². The zero-order valence-corrected chi connectivity index (χ0v) is 10.8. The second kappa shape index (κ2) is 3.95. The summed E-state index contributed by atoms with van der Waals surface area (Å²) in [7, 11) is 0. The van der Waals surface area contributed by atoms with Crippen LogP contribution in [-0.2, 0) is 0 Å². The van der Waals surface area contributed by atoms with Gasteiger partial charge >= 0.3 is 0 Å². The van der Waals surface area contributed by atoms with Crippen molar-refractivity contribution in [3.63, 3.8) is 0 Å². The summed E-state index contributed by atoms with van der Waals surface area (Å²) >= 11 is 0. The molecule has 1 aromatic carbocycles. The van der Waals surface area contributed by atoms with Gasteiger partial charge in [-0.2, -0.15) is 0 Å². The first-order chi connectivity index (χ1) is 8.66. The Kier molecular flexibility index (Phi) is 2.40. The van der Waals surface area contributed by atoms with Gasteiger partial charge in [0.1, 0.15) is 5.82 Å². The highest BCUT2D eigenvalue weighted by Gasteiger charge is 2.11. The number of hydrogen-bond donors (Lipinski definition) is 1. The molecule has 3 aromatic rings. The predicted octanol–water partition coefficient (Wildman–Crippen LogP) is 3.55. The number of H-pyrrole nitrogens is 1. The Labute approximate surface area is 106 Å². The molecule has 18 heavy (non-hydrogen) atoms. The van der Waals surface area contributed by atoms with Gasteiger partial charge in [0.15, 0.2) is 0 Å². The third kappa shape index (κ3) is 1.59. The number of nitrogens with one attached hydrogen (secondary N) is 1. The number of para-hydroxylation sites is 1. The molecule has 2 aromatic heterocycles. The van der Waals surface area contributed by atoms with E-state index >= 15 is 0 Å². The molecule has 0 aliphatic rings. The molecule has 0 spiro atoms. The minimum absolute atomic E-state index is 0.803. The summed E-state index contributed by atoms with van der Waals surface area (Å²) in [6, 6.07) is 6.32. The molecule has 90 valence electrons. The van der Waals surface area contributed by atoms with E-state index in [4.69, 9.17) is 0 Å². The van der Waals surface area contributed by atoms with Gasteiger partial charge in [0.2, 0.25) is 0 Å². The first kappa shape index (κ1) is 11.0. The maximum atomic E-state index is 4.56. The van der Waals surface area contributed by atoms with Gasteiger partial charge in [-0.05, 0) is 31.9 Å². The normalized spacial score (nSPS) is 11.1. The topological polar surface area (TPSA) is 41.6 Å². The highest BCUT2D eigenvalue weighted by Crippen LogP contribution is 2.30. The summed E-state index contributed by atoms with van der Waals surface area (Å²) in [6.45, 7) is 6.08. The van der Waals surface area contributed by atoms with Gasteiger partial charge in [0, 0.05) is 28.9 Å². The third-order valence-electron chi connectivity index (χ3n) is 3.27. The SMILES string of the molecule is Cc1ncc(C)c(-c2c[nH]c3c(C)cccc23)n1. The number of aromatic nitrogens is 3. The number of nitrogens with zero attached hydrogens (tertiary/aromatic N) is 2. The molecule has 0 aliphatic carbocycles. The van der Waals surface area contributed by atoms with E-state index in [1.807, 2.05) is 26.2 Å². The van der Waals surface area contributed by atoms with Crippen LogP contribution in [0.2, 0.25) is 0 Å². The van der Waals surface area contributed by atoms with Crippen LogP contribution in [0.5, 0.6) is 0 Å². The molecule has 0 aliphatic heterocycles. The maximum Gasteiger partial charge on any atom is 0.125 e. The maximum absolute atomic E-state index is 4.56. The van der Waals surface area contributed by atoms with Gasteiger partial charge in [0.25, 0.3) is 0 Å². The van der Waals surface area contributed by atoms with Crippen LogP contribution in [0.3, 0.4) is 0 Å². The van der Waals surface area contributed by atoms with Crippen molar-refractivity contribution < 1.29 is 0 Å². The summed E-state index contributed by atoms with van der Waals surface area (Å²) in [4.78, 5) is 12.1. The minimum atomic E-state index is 0.803. The molecule has 0 saturated carbocycles. The van der Waals surface area contributed by atoms with Crippen LogP contribution in [-0.4, -0.2) is 15.0 Å². The van der Waals surface area contributed by atoms with Crippen molar-refractivity contribution in [2.45, 2.75) is 20.8 Å². The Bertz CT molecular complexity index is 726. The lowest BCUT2D eigenvalue weighted by atomic mass is 10.1. The number of fused-ring (bicyclic) bond motifs is 1. The fraction of sp³-hybridized carbons (Fsp3) is 0.200. The quantitative estimate of drug-likeness (QED) is 0.703. The molecule has 1 N–H and O–H groups in total. The van der Waals surface area contributed by atoms with Crippen LogP contribution in [0.1, 0.15) is 17.0 Å². The molecule has 0 fully saturated rings. The largest absolute Gasteiger partial charge is 0.360 e. The number of aryl methyl sites for hydroxylation is 3. The highest BCUT2D eigenvalue weighted by atomic mass is 14.9. The van der Waals surface area contributed by atoms with Gasteiger partial charge in [-0.1, -0.05) is 18.2 Å². The molecule has 3 rings (SSSR count). The summed E-state index contributed by atoms with van der Waals surface area (Å²) in [6.07, 6.45) is 3.92. The lowest BCUT2D eigenvalue weighted by Crippen LogP contribution is -1.93. The van der Waals surface area contributed by atoms with Gasteiger partial charge in [0.05, 0.1) is 5.69 Å². The number of aromatic amines is 1. The first-order valence-corrected chi connectivity index (χ1v) is 6.04. The zero-order chi connectivity index (χ0) is 12.7. The molecule has 0 amide bonds. The summed E-state index contributed by atoms with van der Waals surface area (Å²) in [5.41, 5.74) is 5.70. The van der Waals surface area contributed by atoms with Crippen molar-refractivity contribution in [1.82, 2.24) is 15.0 Å². The summed E-state index contributed by atoms with van der Waals surface area (Å²) in [5.74, 6) is 0.803. The Hall–Kier alpha value is -2.16. The van der Waals surface area contributed by atoms with Crippen LogP contribution < -0.4 is 0 Å². The minimum Gasteiger partial charge on any atom is -0.360 e. The monoisotopic (exact) mass is 237 g/mol. The van der Waals surface area contributed by atoms with Crippen LogP contribution in [0.15, 0.2) is 30.6 Å². The van der Waals surface area contributed by atoms with E-state index in [2.05, 4.69) is 40.1 Å². The first-order valence-electron chi connectivity index (χ1n) is 6.04. The second-order valence-corrected chi connectivity index (χ2v) is 4.65. The number of benzene rings is 1. The molecule has 0 saturated heterocycles. The zero-order valence-electron chi connectivity index (χ0n) is 10.8. The lowest BCUT2D eigenvalue weighted by Gasteiger charge is -2.04. The van der Waals surface area contributed by atoms with E-state index in [1.165, 1.54) is 16.5 Å². The number of rotatable bonds is 1. The van der Waals surface area contributed by atoms with E-state index in [0.717, 1.165) is 22.6 Å². The molecule has 0 unspecified atom stereocenters. The summed E-state index contributed by atoms with van der Waals surface area (Å²) in [5, 5.41) is 1.22. The molecule has 0 radical (unpaired) electrons. The Morgan fingerprint density at radius 1 is 1.06 bits per heavy atom. The van der Waals surface area contributed by atoms with Gasteiger partial charge in [-0.3, -0.25) is 0 Å². The Morgan fingerprint density at radius 2 is 1.89 bits per heavy atom. The molecule has 2 heterocycles. The van der Waals surface area contributed by atoms with Crippen molar-refractivity contribution in [3.8, 4) is 11.3 Å². The van der Waals surface area contributed by atoms with Gasteiger partial charge in [-0.25, -0.2) is 9.97 Å². The molecule has 3 heteroatoms. The lowest BCUT2D eigenvalue weighted by molar-refractivity contribution is 1.04. The molecule has 0 bridgehead atoms. The van der Waals surface area contributed by atoms with Crippen molar-refractivity contribution >= 4 is 10.9 Å². The second-order valence-electron chi connectivity index (χ2n) is 4.65. The summed E-state index contributed by atoms with van der Waals surface area (Å²) < 4.78 is 0. The van der Waals surface area contributed by atoms with Crippen LogP contribution in [0, 0.1) is 20.8 Å². The van der Waals surface area contributed by atoms with Crippen LogP contribution >= 0.6 is 0 Å². The standard InChI is InChI=1S/C15H15N3/c1-9-5-4-6-12-13(8-17-14(9)12)15-10(2)7-16-11(3)18-15/h4-8,17H,1-3H3. The fourth-order valence-electron chi connectivity index (χ4n) is 2.30. The molecule has 0 atom stereocenters. The average Bonchev–Trinajstić information content (AvgIpc) is 2.77.